The molecule has 13 heavy (non-hydrogen) atoms. The average Bonchev–Trinajstić information content (AvgIpc) is 2.59. The summed E-state index contributed by atoms with van der Waals surface area (Å²) in [6, 6.07) is 0. The van der Waals surface area contributed by atoms with Crippen LogP contribution in [0, 0.1) is 0 Å². The molecular weight excluding hydrogens is 162 g/mol. The van der Waals surface area contributed by atoms with Crippen molar-refractivity contribution in [1.29, 1.82) is 0 Å². The average molecular weight is 181 g/mol. The number of hydrogen-bond donors (Lipinski definition) is 1. The maximum absolute atomic E-state index is 4.15. The molecule has 0 bridgehead atoms. The third-order valence-electron chi connectivity index (χ3n) is 2.11. The quantitative estimate of drug-likeness (QED) is 0.725. The Balaban J connectivity index is 2.45. The number of imidazole rings is 1. The van der Waals surface area contributed by atoms with E-state index in [9.17, 15) is 0 Å². The van der Waals surface area contributed by atoms with Crippen LogP contribution in [0.25, 0.3) is 0 Å². The van der Waals surface area contributed by atoms with Gasteiger partial charge in [-0.15, -0.1) is 0 Å². The van der Waals surface area contributed by atoms with Crippen molar-refractivity contribution < 1.29 is 0 Å². The summed E-state index contributed by atoms with van der Waals surface area (Å²) in [5.74, 6) is 0. The summed E-state index contributed by atoms with van der Waals surface area (Å²) in [4.78, 5) is 4.15. The molecule has 0 saturated heterocycles. The molecule has 0 fully saturated rings. The standard InChI is InChI=1S/C10H19N3/c1-3-5-6-13-9-12-8-10(13)7-11-4-2/h8-9,11H,3-7H2,1-2H3. The SMILES string of the molecule is CCCCn1cncc1CNCC. The van der Waals surface area contributed by atoms with Crippen molar-refractivity contribution in [2.75, 3.05) is 6.54 Å². The Kier molecular flexibility index (Phi) is 4.54. The molecule has 0 atom stereocenters. The minimum Gasteiger partial charge on any atom is -0.333 e. The number of unbranched alkanes of at least 4 members (excludes halogenated alkanes) is 1. The molecule has 1 N–H and O–H groups in total. The van der Waals surface area contributed by atoms with Crippen LogP contribution in [-0.2, 0) is 13.1 Å². The molecule has 1 heterocycles. The third-order valence-corrected chi connectivity index (χ3v) is 2.11. The second-order valence-electron chi connectivity index (χ2n) is 3.21. The highest BCUT2D eigenvalue weighted by Crippen LogP contribution is 2.01. The van der Waals surface area contributed by atoms with Crippen LogP contribution in [-0.4, -0.2) is 16.1 Å². The number of hydrogen-bond acceptors (Lipinski definition) is 2. The molecule has 0 aliphatic carbocycles. The predicted octanol–water partition coefficient (Wildman–Crippen LogP) is 1.79. The van der Waals surface area contributed by atoms with Gasteiger partial charge in [0.1, 0.15) is 0 Å². The van der Waals surface area contributed by atoms with Gasteiger partial charge in [0, 0.05) is 19.3 Å². The van der Waals surface area contributed by atoms with Crippen molar-refractivity contribution in [1.82, 2.24) is 14.9 Å². The molecule has 1 aromatic rings. The molecule has 0 spiro atoms. The van der Waals surface area contributed by atoms with Gasteiger partial charge in [-0.2, -0.15) is 0 Å². The van der Waals surface area contributed by atoms with E-state index in [1.54, 1.807) is 0 Å². The summed E-state index contributed by atoms with van der Waals surface area (Å²) in [6.45, 7) is 7.37. The lowest BCUT2D eigenvalue weighted by Gasteiger charge is -2.06. The van der Waals surface area contributed by atoms with Crippen LogP contribution in [0.3, 0.4) is 0 Å². The van der Waals surface area contributed by atoms with Gasteiger partial charge in [0.05, 0.1) is 12.0 Å². The van der Waals surface area contributed by atoms with Gasteiger partial charge in [0.25, 0.3) is 0 Å². The Morgan fingerprint density at radius 3 is 3.00 bits per heavy atom. The zero-order chi connectivity index (χ0) is 9.52. The Bertz CT molecular complexity index is 207. The normalized spacial score (nSPS) is 10.6. The number of aryl methyl sites for hydroxylation is 1. The minimum atomic E-state index is 0.931. The van der Waals surface area contributed by atoms with Gasteiger partial charge >= 0.3 is 0 Å². The largest absolute Gasteiger partial charge is 0.333 e. The van der Waals surface area contributed by atoms with Crippen molar-refractivity contribution in [2.45, 2.75) is 39.8 Å². The maximum Gasteiger partial charge on any atom is 0.0948 e. The first kappa shape index (κ1) is 10.3. The molecule has 0 aliphatic heterocycles. The summed E-state index contributed by atoms with van der Waals surface area (Å²) < 4.78 is 2.23. The summed E-state index contributed by atoms with van der Waals surface area (Å²) in [5.41, 5.74) is 1.29. The van der Waals surface area contributed by atoms with E-state index in [0.717, 1.165) is 19.6 Å². The molecule has 0 radical (unpaired) electrons. The summed E-state index contributed by atoms with van der Waals surface area (Å²) in [5, 5.41) is 3.31. The van der Waals surface area contributed by atoms with E-state index in [4.69, 9.17) is 0 Å². The Morgan fingerprint density at radius 1 is 1.46 bits per heavy atom. The molecule has 0 aromatic carbocycles. The first-order valence-electron chi connectivity index (χ1n) is 5.08. The van der Waals surface area contributed by atoms with Crippen LogP contribution in [0.5, 0.6) is 0 Å². The van der Waals surface area contributed by atoms with Crippen LogP contribution in [0.15, 0.2) is 12.5 Å². The Labute approximate surface area is 80.2 Å². The first-order valence-corrected chi connectivity index (χ1v) is 5.08. The molecule has 0 unspecified atom stereocenters. The van der Waals surface area contributed by atoms with Crippen molar-refractivity contribution in [3.8, 4) is 0 Å². The van der Waals surface area contributed by atoms with Gasteiger partial charge in [0.2, 0.25) is 0 Å². The zero-order valence-corrected chi connectivity index (χ0v) is 8.58. The van der Waals surface area contributed by atoms with Crippen molar-refractivity contribution >= 4 is 0 Å². The molecule has 1 aromatic heterocycles. The fraction of sp³-hybridized carbons (Fsp3) is 0.700. The summed E-state index contributed by atoms with van der Waals surface area (Å²) >= 11 is 0. The van der Waals surface area contributed by atoms with Crippen LogP contribution in [0.2, 0.25) is 0 Å². The second kappa shape index (κ2) is 5.75. The van der Waals surface area contributed by atoms with Gasteiger partial charge < -0.3 is 9.88 Å². The highest BCUT2D eigenvalue weighted by Gasteiger charge is 1.99. The van der Waals surface area contributed by atoms with Gasteiger partial charge in [-0.1, -0.05) is 20.3 Å². The molecule has 1 rings (SSSR count). The van der Waals surface area contributed by atoms with E-state index in [-0.39, 0.29) is 0 Å². The summed E-state index contributed by atoms with van der Waals surface area (Å²) in [7, 11) is 0. The van der Waals surface area contributed by atoms with E-state index in [1.807, 2.05) is 12.5 Å². The third kappa shape index (κ3) is 3.19. The van der Waals surface area contributed by atoms with Crippen LogP contribution in [0.4, 0.5) is 0 Å². The van der Waals surface area contributed by atoms with E-state index < -0.39 is 0 Å². The van der Waals surface area contributed by atoms with E-state index in [0.29, 0.717) is 0 Å². The molecular formula is C10H19N3. The Morgan fingerprint density at radius 2 is 2.31 bits per heavy atom. The van der Waals surface area contributed by atoms with E-state index >= 15 is 0 Å². The topological polar surface area (TPSA) is 29.9 Å². The molecule has 3 nitrogen and oxygen atoms in total. The molecule has 3 heteroatoms. The van der Waals surface area contributed by atoms with E-state index in [1.165, 1.54) is 18.5 Å². The lowest BCUT2D eigenvalue weighted by Crippen LogP contribution is -2.15. The van der Waals surface area contributed by atoms with Gasteiger partial charge in [-0.05, 0) is 13.0 Å². The van der Waals surface area contributed by atoms with Crippen molar-refractivity contribution in [2.24, 2.45) is 0 Å². The maximum atomic E-state index is 4.15. The lowest BCUT2D eigenvalue weighted by atomic mass is 10.3. The number of aromatic nitrogens is 2. The molecule has 0 aliphatic rings. The van der Waals surface area contributed by atoms with Gasteiger partial charge in [-0.3, -0.25) is 0 Å². The molecule has 0 amide bonds. The number of rotatable bonds is 6. The fourth-order valence-corrected chi connectivity index (χ4v) is 1.28. The first-order chi connectivity index (χ1) is 6.38. The molecule has 0 saturated carbocycles. The predicted molar refractivity (Wildman–Crippen MR) is 54.5 cm³/mol. The smallest absolute Gasteiger partial charge is 0.0948 e. The van der Waals surface area contributed by atoms with Gasteiger partial charge in [-0.25, -0.2) is 4.98 Å². The Hall–Kier alpha value is -0.830. The monoisotopic (exact) mass is 181 g/mol. The molecule has 74 valence electrons. The lowest BCUT2D eigenvalue weighted by molar-refractivity contribution is 0.586. The zero-order valence-electron chi connectivity index (χ0n) is 8.58. The number of nitrogens with zero attached hydrogens (tertiary/aromatic N) is 2. The van der Waals surface area contributed by atoms with E-state index in [2.05, 4.69) is 28.7 Å². The second-order valence-corrected chi connectivity index (χ2v) is 3.21. The van der Waals surface area contributed by atoms with Crippen molar-refractivity contribution in [3.63, 3.8) is 0 Å². The highest BCUT2D eigenvalue weighted by atomic mass is 15.1. The van der Waals surface area contributed by atoms with Gasteiger partial charge in [0.15, 0.2) is 0 Å². The van der Waals surface area contributed by atoms with Crippen LogP contribution < -0.4 is 5.32 Å². The van der Waals surface area contributed by atoms with Crippen LogP contribution >= 0.6 is 0 Å². The minimum absolute atomic E-state index is 0.931. The van der Waals surface area contributed by atoms with Crippen molar-refractivity contribution in [3.05, 3.63) is 18.2 Å². The summed E-state index contributed by atoms with van der Waals surface area (Å²) in [6.07, 6.45) is 6.33. The van der Waals surface area contributed by atoms with Crippen LogP contribution in [0.1, 0.15) is 32.4 Å². The highest BCUT2D eigenvalue weighted by molar-refractivity contribution is 4.97. The number of nitrogens with one attached hydrogen (secondary N) is 1. The fourth-order valence-electron chi connectivity index (χ4n) is 1.28.